The lowest BCUT2D eigenvalue weighted by Gasteiger charge is -2.08. The molecule has 0 aliphatic carbocycles. The van der Waals surface area contributed by atoms with Crippen LogP contribution in [0.3, 0.4) is 0 Å². The zero-order valence-electron chi connectivity index (χ0n) is 9.80. The number of pyridine rings is 1. The molecule has 2 heterocycles. The number of carbonyl (C=O) groups excluding carboxylic acids is 1. The summed E-state index contributed by atoms with van der Waals surface area (Å²) >= 11 is 0. The molecule has 0 saturated carbocycles. The Labute approximate surface area is 102 Å². The second-order valence-electron chi connectivity index (χ2n) is 3.88. The van der Waals surface area contributed by atoms with Gasteiger partial charge in [0.2, 0.25) is 0 Å². The van der Waals surface area contributed by atoms with Gasteiger partial charge in [0.25, 0.3) is 11.6 Å². The first-order valence-electron chi connectivity index (χ1n) is 5.24. The van der Waals surface area contributed by atoms with Gasteiger partial charge in [0.05, 0.1) is 16.6 Å². The first-order valence-corrected chi connectivity index (χ1v) is 5.24. The van der Waals surface area contributed by atoms with Gasteiger partial charge in [-0.25, -0.2) is 4.98 Å². The number of carbonyl (C=O) groups is 2. The number of aliphatic carboxylic acids is 1. The number of fused-ring (bicyclic) bond motifs is 1. The van der Waals surface area contributed by atoms with Crippen LogP contribution in [-0.4, -0.2) is 33.2 Å². The summed E-state index contributed by atoms with van der Waals surface area (Å²) in [5.74, 6) is -1.60. The van der Waals surface area contributed by atoms with Gasteiger partial charge < -0.3 is 14.9 Å². The van der Waals surface area contributed by atoms with E-state index < -0.39 is 17.9 Å². The fourth-order valence-corrected chi connectivity index (χ4v) is 1.41. The number of carboxylic acids is 1. The van der Waals surface area contributed by atoms with Gasteiger partial charge >= 0.3 is 5.97 Å². The first kappa shape index (κ1) is 12.0. The van der Waals surface area contributed by atoms with Gasteiger partial charge in [-0.05, 0) is 19.9 Å². The van der Waals surface area contributed by atoms with Crippen molar-refractivity contribution >= 4 is 23.0 Å². The number of nitrogens with one attached hydrogen (secondary N) is 1. The van der Waals surface area contributed by atoms with E-state index in [9.17, 15) is 9.59 Å². The third kappa shape index (κ3) is 2.15. The van der Waals surface area contributed by atoms with Crippen molar-refractivity contribution in [3.05, 3.63) is 23.5 Å². The molecule has 7 heteroatoms. The van der Waals surface area contributed by atoms with Gasteiger partial charge in [-0.1, -0.05) is 5.16 Å². The fourth-order valence-electron chi connectivity index (χ4n) is 1.41. The molecule has 0 fully saturated rings. The van der Waals surface area contributed by atoms with Gasteiger partial charge in [0, 0.05) is 6.20 Å². The van der Waals surface area contributed by atoms with E-state index in [0.717, 1.165) is 0 Å². The largest absolute Gasteiger partial charge is 0.480 e. The van der Waals surface area contributed by atoms with Crippen LogP contribution in [0.4, 0.5) is 0 Å². The Morgan fingerprint density at radius 1 is 1.50 bits per heavy atom. The maximum atomic E-state index is 11.8. The molecule has 0 aromatic carbocycles. The molecule has 0 radical (unpaired) electrons. The molecule has 0 aliphatic heterocycles. The number of amides is 1. The van der Waals surface area contributed by atoms with Gasteiger partial charge in [-0.3, -0.25) is 9.59 Å². The summed E-state index contributed by atoms with van der Waals surface area (Å²) in [6, 6.07) is 0.606. The molecule has 2 N–H and O–H groups in total. The molecular formula is C11H11N3O4. The highest BCUT2D eigenvalue weighted by Gasteiger charge is 2.17. The second-order valence-corrected chi connectivity index (χ2v) is 3.88. The minimum atomic E-state index is -1.10. The van der Waals surface area contributed by atoms with Crippen molar-refractivity contribution < 1.29 is 19.2 Å². The zero-order chi connectivity index (χ0) is 13.3. The molecule has 2 aromatic rings. The molecule has 0 saturated heterocycles. The molecule has 18 heavy (non-hydrogen) atoms. The average molecular weight is 249 g/mol. The predicted octanol–water partition coefficient (Wildman–Crippen LogP) is 0.734. The number of aromatic nitrogens is 2. The van der Waals surface area contributed by atoms with Crippen LogP contribution in [0.25, 0.3) is 11.1 Å². The van der Waals surface area contributed by atoms with Crippen molar-refractivity contribution in [3.8, 4) is 0 Å². The predicted molar refractivity (Wildman–Crippen MR) is 61.1 cm³/mol. The Bertz CT molecular complexity index is 620. The Morgan fingerprint density at radius 3 is 2.89 bits per heavy atom. The van der Waals surface area contributed by atoms with Crippen molar-refractivity contribution in [1.29, 1.82) is 0 Å². The van der Waals surface area contributed by atoms with Crippen molar-refractivity contribution in [1.82, 2.24) is 15.5 Å². The molecule has 0 spiro atoms. The van der Waals surface area contributed by atoms with E-state index in [1.165, 1.54) is 13.1 Å². The summed E-state index contributed by atoms with van der Waals surface area (Å²) in [4.78, 5) is 26.3. The van der Waals surface area contributed by atoms with Crippen LogP contribution in [-0.2, 0) is 4.79 Å². The van der Waals surface area contributed by atoms with Crippen LogP contribution >= 0.6 is 0 Å². The van der Waals surface area contributed by atoms with Crippen LogP contribution in [0.15, 0.2) is 16.8 Å². The number of nitrogens with zero attached hydrogens (tertiary/aromatic N) is 2. The Hall–Kier alpha value is -2.44. The van der Waals surface area contributed by atoms with E-state index in [1.807, 2.05) is 0 Å². The number of aryl methyl sites for hydroxylation is 1. The Morgan fingerprint density at radius 2 is 2.22 bits per heavy atom. The average Bonchev–Trinajstić information content (AvgIpc) is 2.70. The second kappa shape index (κ2) is 4.44. The molecular weight excluding hydrogens is 238 g/mol. The van der Waals surface area contributed by atoms with E-state index in [-0.39, 0.29) is 5.56 Å². The van der Waals surface area contributed by atoms with Gasteiger partial charge in [0.15, 0.2) is 0 Å². The van der Waals surface area contributed by atoms with Crippen molar-refractivity contribution in [3.63, 3.8) is 0 Å². The Balaban J connectivity index is 2.27. The molecule has 0 unspecified atom stereocenters. The van der Waals surface area contributed by atoms with Crippen LogP contribution in [0, 0.1) is 6.92 Å². The van der Waals surface area contributed by atoms with E-state index in [0.29, 0.717) is 16.8 Å². The smallest absolute Gasteiger partial charge is 0.325 e. The van der Waals surface area contributed by atoms with Crippen molar-refractivity contribution in [2.75, 3.05) is 0 Å². The summed E-state index contributed by atoms with van der Waals surface area (Å²) in [5, 5.41) is 15.4. The number of rotatable bonds is 3. The number of carboxylic acid groups (broad SMARTS) is 1. The van der Waals surface area contributed by atoms with E-state index in [4.69, 9.17) is 9.63 Å². The lowest BCUT2D eigenvalue weighted by atomic mass is 10.2. The maximum absolute atomic E-state index is 11.8. The molecule has 2 rings (SSSR count). The van der Waals surface area contributed by atoms with E-state index >= 15 is 0 Å². The van der Waals surface area contributed by atoms with Gasteiger partial charge in [0.1, 0.15) is 6.04 Å². The van der Waals surface area contributed by atoms with E-state index in [1.54, 1.807) is 13.0 Å². The van der Waals surface area contributed by atoms with Crippen LogP contribution in [0.2, 0.25) is 0 Å². The molecule has 1 amide bonds. The molecule has 1 atom stereocenters. The lowest BCUT2D eigenvalue weighted by Crippen LogP contribution is -2.38. The normalized spacial score (nSPS) is 12.3. The molecule has 0 aliphatic rings. The minimum Gasteiger partial charge on any atom is -0.480 e. The monoisotopic (exact) mass is 249 g/mol. The third-order valence-corrected chi connectivity index (χ3v) is 2.49. The summed E-state index contributed by atoms with van der Waals surface area (Å²) in [6.45, 7) is 3.12. The highest BCUT2D eigenvalue weighted by Crippen LogP contribution is 2.16. The minimum absolute atomic E-state index is 0.266. The summed E-state index contributed by atoms with van der Waals surface area (Å²) in [6.07, 6.45) is 1.32. The van der Waals surface area contributed by atoms with Crippen molar-refractivity contribution in [2.45, 2.75) is 19.9 Å². The first-order chi connectivity index (χ1) is 8.49. The highest BCUT2D eigenvalue weighted by molar-refractivity contribution is 5.98. The molecule has 2 aromatic heterocycles. The number of hydrogen-bond acceptors (Lipinski definition) is 5. The zero-order valence-corrected chi connectivity index (χ0v) is 9.80. The fraction of sp³-hybridized carbons (Fsp3) is 0.273. The van der Waals surface area contributed by atoms with Gasteiger partial charge in [-0.2, -0.15) is 0 Å². The topological polar surface area (TPSA) is 105 Å². The third-order valence-electron chi connectivity index (χ3n) is 2.49. The number of hydrogen-bond donors (Lipinski definition) is 2. The van der Waals surface area contributed by atoms with Gasteiger partial charge in [-0.15, -0.1) is 0 Å². The quantitative estimate of drug-likeness (QED) is 0.830. The standard InChI is InChI=1S/C11H11N3O4/c1-5-8-3-7(4-12-10(8)18-14-5)9(15)13-6(2)11(16)17/h3-4,6H,1-2H3,(H,13,15)(H,16,17)/t6-/m1/s1. The van der Waals surface area contributed by atoms with Crippen LogP contribution in [0.1, 0.15) is 23.0 Å². The summed E-state index contributed by atoms with van der Waals surface area (Å²) in [7, 11) is 0. The maximum Gasteiger partial charge on any atom is 0.325 e. The Kier molecular flexibility index (Phi) is 2.97. The highest BCUT2D eigenvalue weighted by atomic mass is 16.5. The lowest BCUT2D eigenvalue weighted by molar-refractivity contribution is -0.138. The van der Waals surface area contributed by atoms with Crippen LogP contribution < -0.4 is 5.32 Å². The summed E-state index contributed by atoms with van der Waals surface area (Å²) < 4.78 is 4.92. The molecule has 94 valence electrons. The SMILES string of the molecule is Cc1noc2ncc(C(=O)N[C@H](C)C(=O)O)cc12. The van der Waals surface area contributed by atoms with Crippen molar-refractivity contribution in [2.24, 2.45) is 0 Å². The molecule has 0 bridgehead atoms. The molecule has 7 nitrogen and oxygen atoms in total. The van der Waals surface area contributed by atoms with E-state index in [2.05, 4.69) is 15.5 Å². The summed E-state index contributed by atoms with van der Waals surface area (Å²) in [5.41, 5.74) is 1.23. The van der Waals surface area contributed by atoms with Crippen LogP contribution in [0.5, 0.6) is 0 Å².